The molecule has 6 heteroatoms. The highest BCUT2D eigenvalue weighted by molar-refractivity contribution is 5.87. The Morgan fingerprint density at radius 1 is 1.57 bits per heavy atom. The maximum absolute atomic E-state index is 11.9. The van der Waals surface area contributed by atoms with Crippen LogP contribution in [0.25, 0.3) is 0 Å². The zero-order valence-corrected chi connectivity index (χ0v) is 6.98. The first-order chi connectivity index (χ1) is 6.50. The summed E-state index contributed by atoms with van der Waals surface area (Å²) in [5.74, 6) is -1.26. The van der Waals surface area contributed by atoms with Crippen LogP contribution >= 0.6 is 0 Å². The Morgan fingerprint density at radius 2 is 2.21 bits per heavy atom. The Morgan fingerprint density at radius 3 is 2.64 bits per heavy atom. The number of aromatic nitrogens is 1. The van der Waals surface area contributed by atoms with Gasteiger partial charge in [0, 0.05) is 12.3 Å². The van der Waals surface area contributed by atoms with E-state index in [2.05, 4.69) is 0 Å². The molecule has 4 nitrogen and oxygen atoms in total. The number of rotatable bonds is 3. The molecule has 1 rings (SSSR count). The molecule has 0 fully saturated rings. The first-order valence-electron chi connectivity index (χ1n) is 3.72. The third-order valence-corrected chi connectivity index (χ3v) is 1.58. The van der Waals surface area contributed by atoms with Gasteiger partial charge in [-0.3, -0.25) is 4.79 Å². The number of aromatic carboxylic acids is 1. The average molecular weight is 203 g/mol. The van der Waals surface area contributed by atoms with Crippen LogP contribution in [0.2, 0.25) is 0 Å². The summed E-state index contributed by atoms with van der Waals surface area (Å²) in [6, 6.07) is 1.91. The second-order valence-corrected chi connectivity index (χ2v) is 2.60. The number of carboxylic acid groups (broad SMARTS) is 1. The molecule has 1 aromatic rings. The number of nitrogens with zero attached hydrogens (tertiary/aromatic N) is 1. The van der Waals surface area contributed by atoms with Crippen LogP contribution in [0.3, 0.4) is 0 Å². The van der Waals surface area contributed by atoms with E-state index in [1.807, 2.05) is 0 Å². The molecule has 0 aromatic carbocycles. The van der Waals surface area contributed by atoms with Gasteiger partial charge in [0.2, 0.25) is 0 Å². The monoisotopic (exact) mass is 203 g/mol. The van der Waals surface area contributed by atoms with E-state index in [4.69, 9.17) is 5.11 Å². The molecule has 0 saturated carbocycles. The van der Waals surface area contributed by atoms with Gasteiger partial charge in [-0.05, 0) is 6.07 Å². The number of pyridine rings is 1. The Hall–Kier alpha value is -1.72. The Bertz CT molecular complexity index is 400. The summed E-state index contributed by atoms with van der Waals surface area (Å²) in [4.78, 5) is 21.4. The van der Waals surface area contributed by atoms with Gasteiger partial charge in [-0.2, -0.15) is 0 Å². The van der Waals surface area contributed by atoms with Crippen molar-refractivity contribution in [3.63, 3.8) is 0 Å². The van der Waals surface area contributed by atoms with Crippen molar-refractivity contribution in [2.24, 2.45) is 0 Å². The predicted octanol–water partition coefficient (Wildman–Crippen LogP) is 0.812. The van der Waals surface area contributed by atoms with Crippen LogP contribution in [0.4, 0.5) is 8.78 Å². The summed E-state index contributed by atoms with van der Waals surface area (Å²) in [5, 5.41) is 8.49. The second kappa shape index (κ2) is 3.99. The minimum Gasteiger partial charge on any atom is -0.478 e. The van der Waals surface area contributed by atoms with Crippen molar-refractivity contribution in [2.75, 3.05) is 0 Å². The van der Waals surface area contributed by atoms with E-state index in [9.17, 15) is 18.4 Å². The van der Waals surface area contributed by atoms with Crippen molar-refractivity contribution in [3.05, 3.63) is 34.2 Å². The molecule has 0 saturated heterocycles. The molecule has 1 heterocycles. The maximum Gasteiger partial charge on any atom is 0.335 e. The fraction of sp³-hybridized carbons (Fsp3) is 0.250. The second-order valence-electron chi connectivity index (χ2n) is 2.60. The summed E-state index contributed by atoms with van der Waals surface area (Å²) >= 11 is 0. The summed E-state index contributed by atoms with van der Waals surface area (Å²) in [7, 11) is 0. The van der Waals surface area contributed by atoms with Gasteiger partial charge in [-0.15, -0.1) is 0 Å². The first kappa shape index (κ1) is 10.4. The fourth-order valence-corrected chi connectivity index (χ4v) is 0.940. The lowest BCUT2D eigenvalue weighted by atomic mass is 10.3. The number of hydrogen-bond donors (Lipinski definition) is 1. The average Bonchev–Trinajstić information content (AvgIpc) is 2.07. The molecule has 0 radical (unpaired) electrons. The van der Waals surface area contributed by atoms with Crippen molar-refractivity contribution in [1.82, 2.24) is 4.57 Å². The zero-order valence-electron chi connectivity index (χ0n) is 6.98. The molecular formula is C8H7F2NO3. The van der Waals surface area contributed by atoms with Crippen LogP contribution in [0.1, 0.15) is 10.4 Å². The van der Waals surface area contributed by atoms with Crippen LogP contribution < -0.4 is 5.56 Å². The largest absolute Gasteiger partial charge is 0.478 e. The van der Waals surface area contributed by atoms with Crippen LogP contribution in [0, 0.1) is 0 Å². The highest BCUT2D eigenvalue weighted by Crippen LogP contribution is 1.98. The smallest absolute Gasteiger partial charge is 0.335 e. The first-order valence-corrected chi connectivity index (χ1v) is 3.72. The third-order valence-electron chi connectivity index (χ3n) is 1.58. The van der Waals surface area contributed by atoms with Gasteiger partial charge in [0.25, 0.3) is 12.0 Å². The van der Waals surface area contributed by atoms with Crippen molar-refractivity contribution in [1.29, 1.82) is 0 Å². The molecular weight excluding hydrogens is 196 g/mol. The standard InChI is InChI=1S/C8H7F2NO3/c9-6(10)4-11-2-1-5(8(13)14)3-7(11)12/h1-3,6H,4H2,(H,13,14). The van der Waals surface area contributed by atoms with Crippen LogP contribution in [0.15, 0.2) is 23.1 Å². The summed E-state index contributed by atoms with van der Waals surface area (Å²) in [5.41, 5.74) is -0.953. The van der Waals surface area contributed by atoms with Gasteiger partial charge in [-0.1, -0.05) is 0 Å². The summed E-state index contributed by atoms with van der Waals surface area (Å²) in [6.45, 7) is -0.723. The van der Waals surface area contributed by atoms with Gasteiger partial charge >= 0.3 is 5.97 Å². The van der Waals surface area contributed by atoms with E-state index in [1.165, 1.54) is 0 Å². The lowest BCUT2D eigenvalue weighted by Gasteiger charge is -2.03. The number of alkyl halides is 2. The van der Waals surface area contributed by atoms with E-state index in [0.29, 0.717) is 0 Å². The topological polar surface area (TPSA) is 59.3 Å². The van der Waals surface area contributed by atoms with E-state index in [-0.39, 0.29) is 5.56 Å². The molecule has 0 aliphatic rings. The fourth-order valence-electron chi connectivity index (χ4n) is 0.940. The van der Waals surface area contributed by atoms with Crippen molar-refractivity contribution in [3.8, 4) is 0 Å². The Labute approximate surface area is 77.4 Å². The number of carboxylic acids is 1. The Balaban J connectivity index is 3.02. The minimum atomic E-state index is -2.64. The molecule has 0 bridgehead atoms. The van der Waals surface area contributed by atoms with Gasteiger partial charge in [0.15, 0.2) is 0 Å². The minimum absolute atomic E-state index is 0.208. The molecule has 1 N–H and O–H groups in total. The maximum atomic E-state index is 11.9. The number of carbonyl (C=O) groups is 1. The van der Waals surface area contributed by atoms with E-state index < -0.39 is 24.5 Å². The summed E-state index contributed by atoms with van der Waals surface area (Å²) < 4.78 is 24.5. The van der Waals surface area contributed by atoms with Gasteiger partial charge in [0.1, 0.15) is 0 Å². The van der Waals surface area contributed by atoms with Crippen LogP contribution in [0.5, 0.6) is 0 Å². The molecule has 0 aliphatic heterocycles. The van der Waals surface area contributed by atoms with E-state index in [0.717, 1.165) is 22.9 Å². The lowest BCUT2D eigenvalue weighted by Crippen LogP contribution is -2.23. The number of hydrogen-bond acceptors (Lipinski definition) is 2. The molecule has 76 valence electrons. The van der Waals surface area contributed by atoms with E-state index in [1.54, 1.807) is 0 Å². The molecule has 1 aromatic heterocycles. The number of halogens is 2. The lowest BCUT2D eigenvalue weighted by molar-refractivity contribution is 0.0696. The normalized spacial score (nSPS) is 10.5. The predicted molar refractivity (Wildman–Crippen MR) is 43.7 cm³/mol. The van der Waals surface area contributed by atoms with Gasteiger partial charge in [0.05, 0.1) is 12.1 Å². The quantitative estimate of drug-likeness (QED) is 0.790. The van der Waals surface area contributed by atoms with Crippen LogP contribution in [-0.2, 0) is 6.54 Å². The van der Waals surface area contributed by atoms with Crippen molar-refractivity contribution < 1.29 is 18.7 Å². The molecule has 0 spiro atoms. The van der Waals surface area contributed by atoms with Crippen molar-refractivity contribution in [2.45, 2.75) is 13.0 Å². The SMILES string of the molecule is O=C(O)c1ccn(CC(F)F)c(=O)c1. The van der Waals surface area contributed by atoms with Crippen molar-refractivity contribution >= 4 is 5.97 Å². The van der Waals surface area contributed by atoms with E-state index >= 15 is 0 Å². The molecule has 14 heavy (non-hydrogen) atoms. The third kappa shape index (κ3) is 2.38. The van der Waals surface area contributed by atoms with Crippen LogP contribution in [-0.4, -0.2) is 22.1 Å². The zero-order chi connectivity index (χ0) is 10.7. The highest BCUT2D eigenvalue weighted by atomic mass is 19.3. The Kier molecular flexibility index (Phi) is 2.95. The highest BCUT2D eigenvalue weighted by Gasteiger charge is 2.08. The molecule has 0 amide bonds. The molecule has 0 unspecified atom stereocenters. The molecule has 0 atom stereocenters. The molecule has 0 aliphatic carbocycles. The summed E-state index contributed by atoms with van der Waals surface area (Å²) in [6.07, 6.45) is -1.60. The van der Waals surface area contributed by atoms with Gasteiger partial charge in [-0.25, -0.2) is 13.6 Å². The van der Waals surface area contributed by atoms with Gasteiger partial charge < -0.3 is 9.67 Å².